The van der Waals surface area contributed by atoms with Crippen LogP contribution in [0.1, 0.15) is 26.2 Å². The van der Waals surface area contributed by atoms with Gasteiger partial charge in [0.2, 0.25) is 0 Å². The van der Waals surface area contributed by atoms with Gasteiger partial charge in [-0.2, -0.15) is 0 Å². The van der Waals surface area contributed by atoms with Crippen molar-refractivity contribution in [3.63, 3.8) is 0 Å². The van der Waals surface area contributed by atoms with Crippen molar-refractivity contribution >= 4 is 0 Å². The molecule has 14 heavy (non-hydrogen) atoms. The maximum atomic E-state index is 9.42. The molecule has 0 saturated heterocycles. The number of nitrogens with zero attached hydrogens (tertiary/aromatic N) is 1. The van der Waals surface area contributed by atoms with Gasteiger partial charge in [0.05, 0.1) is 6.61 Å². The predicted octanol–water partition coefficient (Wildman–Crippen LogP) is 0.689. The second-order valence-electron chi connectivity index (χ2n) is 5.02. The molecule has 0 radical (unpaired) electrons. The van der Waals surface area contributed by atoms with Crippen LogP contribution < -0.4 is 5.32 Å². The summed E-state index contributed by atoms with van der Waals surface area (Å²) in [4.78, 5) is 2.16. The minimum atomic E-state index is 0.0232. The van der Waals surface area contributed by atoms with Crippen LogP contribution in [0.3, 0.4) is 0 Å². The van der Waals surface area contributed by atoms with E-state index in [1.165, 1.54) is 6.42 Å². The zero-order valence-corrected chi connectivity index (χ0v) is 9.71. The topological polar surface area (TPSA) is 35.5 Å². The summed E-state index contributed by atoms with van der Waals surface area (Å²) in [6.07, 6.45) is 3.49. The highest BCUT2D eigenvalue weighted by Crippen LogP contribution is 2.33. The summed E-state index contributed by atoms with van der Waals surface area (Å²) in [6.45, 7) is 4.56. The number of aliphatic hydroxyl groups is 1. The number of nitrogens with one attached hydrogen (secondary N) is 1. The van der Waals surface area contributed by atoms with Crippen LogP contribution in [0.5, 0.6) is 0 Å². The Morgan fingerprint density at radius 1 is 1.50 bits per heavy atom. The summed E-state index contributed by atoms with van der Waals surface area (Å²) in [7, 11) is 4.15. The Morgan fingerprint density at radius 3 is 2.64 bits per heavy atom. The first-order valence-corrected chi connectivity index (χ1v) is 5.58. The molecule has 0 spiro atoms. The average Bonchev–Trinajstić information content (AvgIpc) is 2.48. The molecule has 2 N–H and O–H groups in total. The van der Waals surface area contributed by atoms with Crippen LogP contribution >= 0.6 is 0 Å². The van der Waals surface area contributed by atoms with E-state index in [-0.39, 0.29) is 12.1 Å². The van der Waals surface area contributed by atoms with E-state index < -0.39 is 0 Å². The molecule has 0 aromatic carbocycles. The van der Waals surface area contributed by atoms with E-state index in [9.17, 15) is 5.11 Å². The maximum absolute atomic E-state index is 9.42. The monoisotopic (exact) mass is 200 g/mol. The largest absolute Gasteiger partial charge is 0.394 e. The Bertz CT molecular complexity index is 173. The van der Waals surface area contributed by atoms with Crippen molar-refractivity contribution in [3.8, 4) is 0 Å². The van der Waals surface area contributed by atoms with Crippen molar-refractivity contribution in [2.45, 2.75) is 31.7 Å². The zero-order chi connectivity index (χ0) is 10.6. The highest BCUT2D eigenvalue weighted by molar-refractivity contribution is 4.94. The van der Waals surface area contributed by atoms with Crippen molar-refractivity contribution in [2.24, 2.45) is 5.92 Å². The third-order valence-corrected chi connectivity index (χ3v) is 3.22. The molecule has 2 atom stereocenters. The molecule has 1 aliphatic carbocycles. The number of hydrogen-bond acceptors (Lipinski definition) is 3. The van der Waals surface area contributed by atoms with Crippen LogP contribution in [0.15, 0.2) is 0 Å². The van der Waals surface area contributed by atoms with E-state index in [0.29, 0.717) is 0 Å². The molecule has 0 aromatic heterocycles. The molecule has 1 fully saturated rings. The quantitative estimate of drug-likeness (QED) is 0.685. The van der Waals surface area contributed by atoms with Gasteiger partial charge in [-0.3, -0.25) is 0 Å². The van der Waals surface area contributed by atoms with Gasteiger partial charge < -0.3 is 15.3 Å². The normalized spacial score (nSPS) is 32.8. The van der Waals surface area contributed by atoms with Crippen LogP contribution in [0.2, 0.25) is 0 Å². The van der Waals surface area contributed by atoms with Crippen molar-refractivity contribution in [3.05, 3.63) is 0 Å². The summed E-state index contributed by atoms with van der Waals surface area (Å²) in [6, 6.07) is 0. The Kier molecular flexibility index (Phi) is 4.35. The highest BCUT2D eigenvalue weighted by atomic mass is 16.3. The SMILES string of the molecule is CC1CCC(CO)(NCCN(C)C)C1. The minimum absolute atomic E-state index is 0.0232. The third-order valence-electron chi connectivity index (χ3n) is 3.22. The van der Waals surface area contributed by atoms with Crippen LogP contribution in [0.25, 0.3) is 0 Å². The van der Waals surface area contributed by atoms with Crippen molar-refractivity contribution in [1.29, 1.82) is 0 Å². The Balaban J connectivity index is 2.31. The lowest BCUT2D eigenvalue weighted by Crippen LogP contribution is -2.48. The molecule has 1 rings (SSSR count). The van der Waals surface area contributed by atoms with Gasteiger partial charge in [0.15, 0.2) is 0 Å². The molecule has 1 aliphatic rings. The lowest BCUT2D eigenvalue weighted by molar-refractivity contribution is 0.158. The van der Waals surface area contributed by atoms with Crippen LogP contribution in [0, 0.1) is 5.92 Å². The second kappa shape index (κ2) is 5.10. The fourth-order valence-electron chi connectivity index (χ4n) is 2.30. The number of hydrogen-bond donors (Lipinski definition) is 2. The molecule has 0 heterocycles. The van der Waals surface area contributed by atoms with Crippen molar-refractivity contribution < 1.29 is 5.11 Å². The Labute approximate surface area is 87.5 Å². The maximum Gasteiger partial charge on any atom is 0.0613 e. The second-order valence-corrected chi connectivity index (χ2v) is 5.02. The Hall–Kier alpha value is -0.120. The average molecular weight is 200 g/mol. The molecule has 1 saturated carbocycles. The van der Waals surface area contributed by atoms with Gasteiger partial charge in [0.1, 0.15) is 0 Å². The van der Waals surface area contributed by atoms with Gasteiger partial charge >= 0.3 is 0 Å². The number of aliphatic hydroxyl groups excluding tert-OH is 1. The highest BCUT2D eigenvalue weighted by Gasteiger charge is 2.36. The van der Waals surface area contributed by atoms with E-state index in [1.54, 1.807) is 0 Å². The van der Waals surface area contributed by atoms with Crippen molar-refractivity contribution in [2.75, 3.05) is 33.8 Å². The fourth-order valence-corrected chi connectivity index (χ4v) is 2.30. The van der Waals surface area contributed by atoms with E-state index in [1.807, 2.05) is 0 Å². The molecule has 0 aromatic rings. The molecular weight excluding hydrogens is 176 g/mol. The van der Waals surface area contributed by atoms with Gasteiger partial charge in [-0.05, 0) is 39.3 Å². The minimum Gasteiger partial charge on any atom is -0.394 e. The van der Waals surface area contributed by atoms with E-state index in [0.717, 1.165) is 31.8 Å². The summed E-state index contributed by atoms with van der Waals surface area (Å²) in [5.74, 6) is 0.758. The number of rotatable bonds is 5. The van der Waals surface area contributed by atoms with Gasteiger partial charge in [-0.15, -0.1) is 0 Å². The summed E-state index contributed by atoms with van der Waals surface area (Å²) in [5, 5.41) is 12.9. The fraction of sp³-hybridized carbons (Fsp3) is 1.00. The molecule has 2 unspecified atom stereocenters. The lowest BCUT2D eigenvalue weighted by Gasteiger charge is -2.29. The van der Waals surface area contributed by atoms with Gasteiger partial charge in [0.25, 0.3) is 0 Å². The molecule has 3 nitrogen and oxygen atoms in total. The van der Waals surface area contributed by atoms with Gasteiger partial charge in [0, 0.05) is 18.6 Å². The first-order chi connectivity index (χ1) is 6.58. The summed E-state index contributed by atoms with van der Waals surface area (Å²) in [5.41, 5.74) is 0.0232. The lowest BCUT2D eigenvalue weighted by atomic mass is 9.97. The van der Waals surface area contributed by atoms with E-state index >= 15 is 0 Å². The number of likely N-dealkylation sites (N-methyl/N-ethyl adjacent to an activating group) is 1. The van der Waals surface area contributed by atoms with Crippen LogP contribution in [-0.4, -0.2) is 49.3 Å². The molecule has 84 valence electrons. The van der Waals surface area contributed by atoms with E-state index in [2.05, 4.69) is 31.2 Å². The molecule has 3 heteroatoms. The molecule has 0 amide bonds. The zero-order valence-electron chi connectivity index (χ0n) is 9.71. The third kappa shape index (κ3) is 3.23. The van der Waals surface area contributed by atoms with Crippen LogP contribution in [0.4, 0.5) is 0 Å². The van der Waals surface area contributed by atoms with Crippen molar-refractivity contribution in [1.82, 2.24) is 10.2 Å². The van der Waals surface area contributed by atoms with E-state index in [4.69, 9.17) is 0 Å². The van der Waals surface area contributed by atoms with Gasteiger partial charge in [-0.25, -0.2) is 0 Å². The predicted molar refractivity (Wildman–Crippen MR) is 59.4 cm³/mol. The molecule has 0 aliphatic heterocycles. The first kappa shape index (κ1) is 12.0. The van der Waals surface area contributed by atoms with Gasteiger partial charge in [-0.1, -0.05) is 6.92 Å². The van der Waals surface area contributed by atoms with Crippen LogP contribution in [-0.2, 0) is 0 Å². The molecule has 0 bridgehead atoms. The summed E-state index contributed by atoms with van der Waals surface area (Å²) >= 11 is 0. The smallest absolute Gasteiger partial charge is 0.0613 e. The summed E-state index contributed by atoms with van der Waals surface area (Å²) < 4.78 is 0. The first-order valence-electron chi connectivity index (χ1n) is 5.58. The molecular formula is C11H24N2O. The Morgan fingerprint density at radius 2 is 2.21 bits per heavy atom. The standard InChI is InChI=1S/C11H24N2O/c1-10-4-5-11(8-10,9-14)12-6-7-13(2)3/h10,12,14H,4-9H2,1-3H3.